The molecule has 1 aliphatic carbocycles. The van der Waals surface area contributed by atoms with Crippen LogP contribution in [0.3, 0.4) is 0 Å². The predicted molar refractivity (Wildman–Crippen MR) is 137 cm³/mol. The summed E-state index contributed by atoms with van der Waals surface area (Å²) in [5.74, 6) is 0.593. The van der Waals surface area contributed by atoms with E-state index in [1.807, 2.05) is 31.2 Å². The van der Waals surface area contributed by atoms with Crippen LogP contribution in [-0.2, 0) is 15.1 Å². The maximum Gasteiger partial charge on any atom is 0.255 e. The highest BCUT2D eigenvalue weighted by molar-refractivity contribution is 6.30. The van der Waals surface area contributed by atoms with Crippen LogP contribution in [-0.4, -0.2) is 73.1 Å². The van der Waals surface area contributed by atoms with Gasteiger partial charge in [0.25, 0.3) is 5.91 Å². The molecule has 2 N–H and O–H groups in total. The largest absolute Gasteiger partial charge is 0.508 e. The average molecular weight is 497 g/mol. The van der Waals surface area contributed by atoms with Gasteiger partial charge in [0.05, 0.1) is 25.6 Å². The highest BCUT2D eigenvalue weighted by Crippen LogP contribution is 2.50. The molecule has 0 bridgehead atoms. The van der Waals surface area contributed by atoms with Gasteiger partial charge in [-0.05, 0) is 55.0 Å². The number of carbonyl (C=O) groups is 1. The number of ether oxygens (including phenoxy) is 1. The molecule has 5 rings (SSSR count). The number of benzene rings is 2. The van der Waals surface area contributed by atoms with Gasteiger partial charge in [0.15, 0.2) is 5.54 Å². The van der Waals surface area contributed by atoms with Crippen molar-refractivity contribution in [2.45, 2.75) is 31.3 Å². The summed E-state index contributed by atoms with van der Waals surface area (Å²) in [6.45, 7) is 7.19. The van der Waals surface area contributed by atoms with Crippen molar-refractivity contribution < 1.29 is 14.6 Å². The number of hydrogen-bond donors (Lipinski definition) is 2. The van der Waals surface area contributed by atoms with Crippen LogP contribution in [0.5, 0.6) is 5.75 Å². The summed E-state index contributed by atoms with van der Waals surface area (Å²) in [6, 6.07) is 12.5. The van der Waals surface area contributed by atoms with E-state index in [-0.39, 0.29) is 11.7 Å². The molecule has 2 fully saturated rings. The molecule has 0 radical (unpaired) electrons. The van der Waals surface area contributed by atoms with Crippen molar-refractivity contribution >= 4 is 23.8 Å². The molecule has 2 aromatic carbocycles. The second-order valence-corrected chi connectivity index (χ2v) is 10.3. The highest BCUT2D eigenvalue weighted by atomic mass is 35.5. The normalized spacial score (nSPS) is 24.6. The molecule has 2 aromatic rings. The zero-order valence-electron chi connectivity index (χ0n) is 20.1. The highest BCUT2D eigenvalue weighted by Gasteiger charge is 2.54. The van der Waals surface area contributed by atoms with E-state index in [2.05, 4.69) is 15.1 Å². The van der Waals surface area contributed by atoms with Crippen LogP contribution in [0.2, 0.25) is 5.02 Å². The molecule has 0 unspecified atom stereocenters. The summed E-state index contributed by atoms with van der Waals surface area (Å²) >= 11 is 6.21. The van der Waals surface area contributed by atoms with Crippen molar-refractivity contribution in [2.75, 3.05) is 45.9 Å². The summed E-state index contributed by atoms with van der Waals surface area (Å²) in [6.07, 6.45) is 4.16. The van der Waals surface area contributed by atoms with Crippen molar-refractivity contribution in [1.82, 2.24) is 15.1 Å². The molecule has 8 heteroatoms. The maximum atomic E-state index is 14.1. The molecule has 2 aliphatic heterocycles. The number of phenolic OH excluding ortho intramolecular Hbond substituents is 1. The van der Waals surface area contributed by atoms with Gasteiger partial charge >= 0.3 is 0 Å². The second-order valence-electron chi connectivity index (χ2n) is 9.83. The van der Waals surface area contributed by atoms with Crippen molar-refractivity contribution in [3.63, 3.8) is 0 Å². The lowest BCUT2D eigenvalue weighted by Gasteiger charge is -2.37. The lowest BCUT2D eigenvalue weighted by Crippen LogP contribution is -2.50. The van der Waals surface area contributed by atoms with Gasteiger partial charge < -0.3 is 20.1 Å². The Balaban J connectivity index is 1.50. The smallest absolute Gasteiger partial charge is 0.255 e. The monoisotopic (exact) mass is 496 g/mol. The van der Waals surface area contributed by atoms with Crippen LogP contribution < -0.4 is 5.32 Å². The average Bonchev–Trinajstić information content (AvgIpc) is 3.60. The minimum atomic E-state index is -1.24. The van der Waals surface area contributed by atoms with Crippen LogP contribution in [0.4, 0.5) is 0 Å². The standard InChI is InChI=1S/C27H33ClN4O3/c1-19-2-9-23(24(33)16-19)25-27(21-5-7-22(28)8-6-21,30-18-32(25)17-20-3-4-20)26(34)29-10-11-31-12-14-35-15-13-31/h2,5-9,16,18,20,25,33H,3-4,10-15,17H2,1H3,(H,29,34)/t25-,27+/m0/s1. The number of phenols is 1. The lowest BCUT2D eigenvalue weighted by atomic mass is 9.78. The molecule has 7 nitrogen and oxygen atoms in total. The fourth-order valence-electron chi connectivity index (χ4n) is 5.12. The topological polar surface area (TPSA) is 77.4 Å². The van der Waals surface area contributed by atoms with Crippen LogP contribution in [0.25, 0.3) is 0 Å². The van der Waals surface area contributed by atoms with Gasteiger partial charge in [-0.3, -0.25) is 14.7 Å². The Morgan fingerprint density at radius 1 is 1.20 bits per heavy atom. The fourth-order valence-corrected chi connectivity index (χ4v) is 5.25. The third-order valence-electron chi connectivity index (χ3n) is 7.23. The quantitative estimate of drug-likeness (QED) is 0.585. The molecule has 0 spiro atoms. The minimum Gasteiger partial charge on any atom is -0.508 e. The number of rotatable bonds is 8. The molecule has 0 aromatic heterocycles. The summed E-state index contributed by atoms with van der Waals surface area (Å²) in [7, 11) is 0. The maximum absolute atomic E-state index is 14.1. The molecule has 2 atom stereocenters. The van der Waals surface area contributed by atoms with E-state index < -0.39 is 11.6 Å². The first kappa shape index (κ1) is 24.1. The van der Waals surface area contributed by atoms with Crippen LogP contribution in [0.1, 0.15) is 35.6 Å². The number of nitrogens with one attached hydrogen (secondary N) is 1. The van der Waals surface area contributed by atoms with Gasteiger partial charge in [0, 0.05) is 43.3 Å². The zero-order chi connectivity index (χ0) is 24.4. The molecule has 186 valence electrons. The lowest BCUT2D eigenvalue weighted by molar-refractivity contribution is -0.128. The Morgan fingerprint density at radius 2 is 1.94 bits per heavy atom. The first-order valence-electron chi connectivity index (χ1n) is 12.4. The molecule has 2 heterocycles. The van der Waals surface area contributed by atoms with Crippen LogP contribution in [0, 0.1) is 12.8 Å². The first-order chi connectivity index (χ1) is 17.0. The molecule has 35 heavy (non-hydrogen) atoms. The van der Waals surface area contributed by atoms with E-state index in [9.17, 15) is 9.90 Å². The number of nitrogens with zero attached hydrogens (tertiary/aromatic N) is 3. The number of aromatic hydroxyl groups is 1. The first-order valence-corrected chi connectivity index (χ1v) is 12.8. The van der Waals surface area contributed by atoms with E-state index in [0.29, 0.717) is 23.0 Å². The summed E-state index contributed by atoms with van der Waals surface area (Å²) in [5.41, 5.74) is 1.18. The number of halogens is 1. The van der Waals surface area contributed by atoms with Gasteiger partial charge in [-0.1, -0.05) is 35.9 Å². The van der Waals surface area contributed by atoms with Crippen LogP contribution >= 0.6 is 11.6 Å². The van der Waals surface area contributed by atoms with Gasteiger partial charge in [0.2, 0.25) is 0 Å². The molecule has 1 saturated carbocycles. The number of aliphatic imine (C=N–C) groups is 1. The molecule has 3 aliphatic rings. The summed E-state index contributed by atoms with van der Waals surface area (Å²) < 4.78 is 5.43. The predicted octanol–water partition coefficient (Wildman–Crippen LogP) is 3.49. The van der Waals surface area contributed by atoms with Gasteiger partial charge in [-0.15, -0.1) is 0 Å². The van der Waals surface area contributed by atoms with Crippen molar-refractivity contribution in [3.8, 4) is 5.75 Å². The summed E-state index contributed by atoms with van der Waals surface area (Å²) in [5, 5.41) is 14.8. The fraction of sp³-hybridized carbons (Fsp3) is 0.481. The Morgan fingerprint density at radius 3 is 2.63 bits per heavy atom. The van der Waals surface area contributed by atoms with Crippen molar-refractivity contribution in [2.24, 2.45) is 10.9 Å². The Hall–Kier alpha value is -2.61. The van der Waals surface area contributed by atoms with E-state index in [1.54, 1.807) is 24.5 Å². The number of morpholine rings is 1. The second kappa shape index (κ2) is 10.2. The Bertz CT molecular complexity index is 1080. The number of hydrogen-bond acceptors (Lipinski definition) is 6. The van der Waals surface area contributed by atoms with Gasteiger partial charge in [0.1, 0.15) is 5.75 Å². The van der Waals surface area contributed by atoms with E-state index in [1.165, 1.54) is 12.8 Å². The zero-order valence-corrected chi connectivity index (χ0v) is 20.9. The number of aryl methyl sites for hydroxylation is 1. The number of carbonyl (C=O) groups excluding carboxylic acids is 1. The SMILES string of the molecule is Cc1ccc([C@@H]2N(CC3CC3)C=N[C@]2(C(=O)NCCN2CCOCC2)c2ccc(Cl)cc2)c(O)c1. The molecular formula is C27H33ClN4O3. The third-order valence-corrected chi connectivity index (χ3v) is 7.48. The Labute approximate surface area is 211 Å². The molecule has 1 amide bonds. The minimum absolute atomic E-state index is 0.174. The van der Waals surface area contributed by atoms with Crippen molar-refractivity contribution in [3.05, 3.63) is 64.2 Å². The van der Waals surface area contributed by atoms with Gasteiger partial charge in [-0.25, -0.2) is 0 Å². The third kappa shape index (κ3) is 5.03. The van der Waals surface area contributed by atoms with Gasteiger partial charge in [-0.2, -0.15) is 0 Å². The van der Waals surface area contributed by atoms with E-state index >= 15 is 0 Å². The molecule has 1 saturated heterocycles. The number of amides is 1. The van der Waals surface area contributed by atoms with E-state index in [4.69, 9.17) is 21.3 Å². The van der Waals surface area contributed by atoms with E-state index in [0.717, 1.165) is 50.5 Å². The molecular weight excluding hydrogens is 464 g/mol. The Kier molecular flexibility index (Phi) is 7.00. The van der Waals surface area contributed by atoms with Crippen molar-refractivity contribution in [1.29, 1.82) is 0 Å². The van der Waals surface area contributed by atoms with Crippen LogP contribution in [0.15, 0.2) is 47.5 Å². The summed E-state index contributed by atoms with van der Waals surface area (Å²) in [4.78, 5) is 23.4.